The second-order valence-electron chi connectivity index (χ2n) is 0.0680. The van der Waals surface area contributed by atoms with Gasteiger partial charge in [-0.3, -0.25) is 0 Å². The zero-order valence-corrected chi connectivity index (χ0v) is 5.50. The van der Waals surface area contributed by atoms with Gasteiger partial charge in [-0.05, 0) is 0 Å². The van der Waals surface area contributed by atoms with Crippen molar-refractivity contribution in [2.75, 3.05) is 0 Å². The monoisotopic (exact) mass is 200 g/mol. The van der Waals surface area contributed by atoms with Crippen LogP contribution in [0.4, 0.5) is 0 Å². The molecule has 0 unspecified atom stereocenters. The predicted molar refractivity (Wildman–Crippen MR) is 1.37 cm³/mol. The predicted octanol–water partition coefficient (Wildman–Crippen LogP) is -6.23. The molecule has 5 heteroatoms. The van der Waals surface area contributed by atoms with Crippen LogP contribution in [0.3, 0.4) is 0 Å². The maximum absolute atomic E-state index is 8.50. The normalized spacial score (nSPS) is 1.60. The molecule has 0 aromatic carbocycles. The topological polar surface area (TPSA) is 34.1 Å². The molecule has 0 atom stereocenters. The second kappa shape index (κ2) is 20.9. The summed E-state index contributed by atoms with van der Waals surface area (Å²) in [4.78, 5) is 0. The third kappa shape index (κ3) is 53.1. The van der Waals surface area contributed by atoms with Crippen LogP contribution in [0.2, 0.25) is 0 Å². The first kappa shape index (κ1) is 16.9. The Morgan fingerprint density at radius 1 is 1.00 bits per heavy atom. The zero-order chi connectivity index (χ0) is 2.71. The summed E-state index contributed by atoms with van der Waals surface area (Å²) in [7, 11) is 0. The molecule has 0 aromatic rings. The fourth-order valence-corrected chi connectivity index (χ4v) is 0. The molecule has 0 N–H and O–H groups in total. The molecule has 0 aliphatic heterocycles. The van der Waals surface area contributed by atoms with Crippen LogP contribution in [0.5, 0.6) is 0 Å². The SMILES string of the molecule is [Cl-].[Cl-].[O]=[Mo+2]=[O]. The van der Waals surface area contributed by atoms with E-state index in [-0.39, 0.29) is 24.8 Å². The van der Waals surface area contributed by atoms with Crippen LogP contribution in [-0.2, 0) is 25.3 Å². The Balaban J connectivity index is -0.0000000200. The molecule has 0 radical (unpaired) electrons. The molecule has 0 amide bonds. The van der Waals surface area contributed by atoms with Crippen molar-refractivity contribution in [2.24, 2.45) is 0 Å². The summed E-state index contributed by atoms with van der Waals surface area (Å²) in [6, 6.07) is 0. The van der Waals surface area contributed by atoms with Crippen LogP contribution in [0.1, 0.15) is 0 Å². The standard InChI is InChI=1S/2ClH.Mo.2O/h2*1H;;;/q;;+2;;/p-2. The van der Waals surface area contributed by atoms with Crippen molar-refractivity contribution in [3.8, 4) is 0 Å². The fraction of sp³-hybridized carbons (Fsp3) is 0. The van der Waals surface area contributed by atoms with Crippen LogP contribution in [0.15, 0.2) is 0 Å². The van der Waals surface area contributed by atoms with Gasteiger partial charge in [-0.25, -0.2) is 0 Å². The fourth-order valence-electron chi connectivity index (χ4n) is 0. The summed E-state index contributed by atoms with van der Waals surface area (Å²) in [5.74, 6) is 0. The minimum atomic E-state index is -2.03. The Bertz CT molecular complexity index is 28.6. The number of hydrogen-bond donors (Lipinski definition) is 0. The van der Waals surface area contributed by atoms with Gasteiger partial charge in [-0.1, -0.05) is 0 Å². The van der Waals surface area contributed by atoms with Crippen LogP contribution >= 0.6 is 0 Å². The van der Waals surface area contributed by atoms with Gasteiger partial charge in [-0.15, -0.1) is 0 Å². The van der Waals surface area contributed by atoms with Gasteiger partial charge in [0.25, 0.3) is 0 Å². The number of hydrogen-bond acceptors (Lipinski definition) is 2. The zero-order valence-electron chi connectivity index (χ0n) is 1.98. The molecule has 0 saturated carbocycles. The third-order valence-electron chi connectivity index (χ3n) is 0. The summed E-state index contributed by atoms with van der Waals surface area (Å²) < 4.78 is 17.0. The van der Waals surface area contributed by atoms with Gasteiger partial charge in [0.1, 0.15) is 0 Å². The van der Waals surface area contributed by atoms with E-state index in [1.165, 1.54) is 0 Å². The van der Waals surface area contributed by atoms with Crippen molar-refractivity contribution < 1.29 is 50.1 Å². The van der Waals surface area contributed by atoms with Crippen molar-refractivity contribution in [1.82, 2.24) is 0 Å². The molecule has 0 fully saturated rings. The van der Waals surface area contributed by atoms with E-state index in [2.05, 4.69) is 0 Å². The molecule has 32 valence electrons. The van der Waals surface area contributed by atoms with Gasteiger partial charge >= 0.3 is 25.3 Å². The second-order valence-corrected chi connectivity index (χ2v) is 0.403. The average Bonchev–Trinajstić information content (AvgIpc) is 0.918. The Morgan fingerprint density at radius 3 is 1.00 bits per heavy atom. The van der Waals surface area contributed by atoms with Gasteiger partial charge in [0, 0.05) is 0 Å². The molecule has 5 heavy (non-hydrogen) atoms. The van der Waals surface area contributed by atoms with Crippen molar-refractivity contribution in [3.63, 3.8) is 0 Å². The van der Waals surface area contributed by atoms with Crippen LogP contribution < -0.4 is 24.8 Å². The first-order chi connectivity index (χ1) is 1.41. The van der Waals surface area contributed by atoms with Gasteiger partial charge < -0.3 is 24.8 Å². The minimum absolute atomic E-state index is 0. The van der Waals surface area contributed by atoms with Crippen LogP contribution in [0, 0.1) is 0 Å². The first-order valence-electron chi connectivity index (χ1n) is 0.333. The molecule has 0 aromatic heterocycles. The van der Waals surface area contributed by atoms with Crippen molar-refractivity contribution >= 4 is 0 Å². The van der Waals surface area contributed by atoms with Gasteiger partial charge in [0.05, 0.1) is 0 Å². The van der Waals surface area contributed by atoms with Crippen LogP contribution in [0.25, 0.3) is 0 Å². The summed E-state index contributed by atoms with van der Waals surface area (Å²) in [6.07, 6.45) is 0. The van der Waals surface area contributed by atoms with Crippen molar-refractivity contribution in [1.29, 1.82) is 0 Å². The van der Waals surface area contributed by atoms with E-state index in [4.69, 9.17) is 6.80 Å². The molecule has 0 rings (SSSR count). The Hall–Kier alpha value is 0.868. The summed E-state index contributed by atoms with van der Waals surface area (Å²) in [5, 5.41) is 0. The molecule has 0 heterocycles. The van der Waals surface area contributed by atoms with Crippen LogP contribution in [-0.4, -0.2) is 0 Å². The van der Waals surface area contributed by atoms with Crippen molar-refractivity contribution in [2.45, 2.75) is 0 Å². The third-order valence-corrected chi connectivity index (χ3v) is 0. The quantitative estimate of drug-likeness (QED) is 0.363. The van der Waals surface area contributed by atoms with Gasteiger partial charge in [0.15, 0.2) is 0 Å². The molecule has 0 aliphatic rings. The average molecular weight is 199 g/mol. The van der Waals surface area contributed by atoms with E-state index in [9.17, 15) is 0 Å². The Kier molecular flexibility index (Phi) is 70.6. The Morgan fingerprint density at radius 2 is 1.00 bits per heavy atom. The number of halogens is 2. The molecule has 0 spiro atoms. The van der Waals surface area contributed by atoms with Gasteiger partial charge in [0.2, 0.25) is 0 Å². The van der Waals surface area contributed by atoms with E-state index in [0.29, 0.717) is 0 Å². The number of rotatable bonds is 0. The van der Waals surface area contributed by atoms with E-state index in [1.807, 2.05) is 0 Å². The van der Waals surface area contributed by atoms with Gasteiger partial charge in [-0.2, -0.15) is 0 Å². The molecule has 2 nitrogen and oxygen atoms in total. The first-order valence-corrected chi connectivity index (χ1v) is 1.97. The van der Waals surface area contributed by atoms with E-state index in [1.54, 1.807) is 0 Å². The van der Waals surface area contributed by atoms with E-state index in [0.717, 1.165) is 0 Å². The molecule has 0 aliphatic carbocycles. The molecular weight excluding hydrogens is 199 g/mol. The Labute approximate surface area is 50.3 Å². The molecule has 0 bridgehead atoms. The molecule has 0 saturated heterocycles. The maximum atomic E-state index is 8.50. The van der Waals surface area contributed by atoms with E-state index >= 15 is 0 Å². The van der Waals surface area contributed by atoms with E-state index < -0.39 is 18.5 Å². The molecular formula is Cl2MoO2. The summed E-state index contributed by atoms with van der Waals surface area (Å²) >= 11 is -2.03. The van der Waals surface area contributed by atoms with Crippen molar-refractivity contribution in [3.05, 3.63) is 0 Å². The summed E-state index contributed by atoms with van der Waals surface area (Å²) in [6.45, 7) is 0. The summed E-state index contributed by atoms with van der Waals surface area (Å²) in [5.41, 5.74) is 0.